The lowest BCUT2D eigenvalue weighted by Crippen LogP contribution is -2.37. The molecular formula is C27H25F4N5OS. The molecule has 4 heterocycles. The molecule has 0 bridgehead atoms. The molecule has 0 saturated carbocycles. The van der Waals surface area contributed by atoms with E-state index >= 15 is 4.39 Å². The largest absolute Gasteiger partial charge is 0.435 e. The maximum atomic E-state index is 15.4. The van der Waals surface area contributed by atoms with E-state index in [2.05, 4.69) is 15.3 Å². The summed E-state index contributed by atoms with van der Waals surface area (Å²) in [4.78, 5) is 19.2. The predicted molar refractivity (Wildman–Crippen MR) is 136 cm³/mol. The molecular weight excluding hydrogens is 518 g/mol. The van der Waals surface area contributed by atoms with Crippen molar-refractivity contribution < 1.29 is 22.4 Å². The Labute approximate surface area is 221 Å². The van der Waals surface area contributed by atoms with Crippen molar-refractivity contribution in [2.45, 2.75) is 44.4 Å². The summed E-state index contributed by atoms with van der Waals surface area (Å²) in [5.41, 5.74) is 0.0748. The normalized spacial score (nSPS) is 19.7. The van der Waals surface area contributed by atoms with Gasteiger partial charge in [-0.2, -0.15) is 29.6 Å². The van der Waals surface area contributed by atoms with Crippen LogP contribution >= 0.6 is 11.3 Å². The average molecular weight is 544 g/mol. The van der Waals surface area contributed by atoms with Gasteiger partial charge in [0, 0.05) is 53.8 Å². The van der Waals surface area contributed by atoms with E-state index in [-0.39, 0.29) is 36.2 Å². The van der Waals surface area contributed by atoms with Gasteiger partial charge in [0.2, 0.25) is 10.9 Å². The number of hydrogen-bond donors (Lipinski definition) is 1. The van der Waals surface area contributed by atoms with Crippen molar-refractivity contribution in [2.24, 2.45) is 7.05 Å². The van der Waals surface area contributed by atoms with Crippen LogP contribution in [0.15, 0.2) is 36.5 Å². The molecule has 1 amide bonds. The Morgan fingerprint density at radius 3 is 2.82 bits per heavy atom. The number of alkyl halides is 3. The molecule has 2 aliphatic rings. The fourth-order valence-corrected chi connectivity index (χ4v) is 6.57. The third-order valence-corrected chi connectivity index (χ3v) is 8.29. The van der Waals surface area contributed by atoms with E-state index in [4.69, 9.17) is 6.57 Å². The molecule has 38 heavy (non-hydrogen) atoms. The van der Waals surface area contributed by atoms with Crippen LogP contribution in [0.4, 0.5) is 22.6 Å². The topological polar surface area (TPSA) is 54.5 Å². The fourth-order valence-electron chi connectivity index (χ4n) is 5.40. The molecule has 198 valence electrons. The van der Waals surface area contributed by atoms with Crippen LogP contribution in [0.1, 0.15) is 46.0 Å². The number of aromatic nitrogens is 2. The van der Waals surface area contributed by atoms with Gasteiger partial charge in [-0.1, -0.05) is 18.2 Å². The van der Waals surface area contributed by atoms with Gasteiger partial charge in [-0.3, -0.25) is 9.48 Å². The van der Waals surface area contributed by atoms with Gasteiger partial charge in [0.25, 0.3) is 0 Å². The van der Waals surface area contributed by atoms with E-state index in [1.165, 1.54) is 36.7 Å². The number of nitrogens with zero attached hydrogens (tertiary/aromatic N) is 4. The number of nitrogens with one attached hydrogen (secondary N) is 1. The van der Waals surface area contributed by atoms with Gasteiger partial charge < -0.3 is 10.2 Å². The lowest BCUT2D eigenvalue weighted by atomic mass is 9.82. The summed E-state index contributed by atoms with van der Waals surface area (Å²) in [5.74, 6) is -1.67. The quantitative estimate of drug-likeness (QED) is 0.252. The molecule has 3 aromatic rings. The molecule has 6 nitrogen and oxygen atoms in total. The zero-order chi connectivity index (χ0) is 27.2. The number of fused-ring (bicyclic) bond motifs is 1. The molecule has 1 fully saturated rings. The smallest absolute Gasteiger partial charge is 0.333 e. The van der Waals surface area contributed by atoms with Crippen molar-refractivity contribution in [2.75, 3.05) is 13.1 Å². The zero-order valence-electron chi connectivity index (χ0n) is 20.8. The molecule has 5 rings (SSSR count). The minimum Gasteiger partial charge on any atom is -0.333 e. The third kappa shape index (κ3) is 4.74. The van der Waals surface area contributed by atoms with Crippen molar-refractivity contribution in [1.29, 1.82) is 0 Å². The Morgan fingerprint density at radius 2 is 2.13 bits per heavy atom. The number of amides is 1. The highest BCUT2D eigenvalue weighted by molar-refractivity contribution is 7.16. The standard InChI is InChI=1S/C27H25F4N5OS/c1-15-23-18(17-7-4-8-20(28)24(17)19-12-35(3)34-25(19)27(29,30)31)13-36(14-21(23)38-26(15)32-2)22(37)10-9-16-6-5-11-33-16/h4,7-10,12,16,18,33H,5-6,11,13-14H2,1,3H3/b10-9+/t16-,18-/m0/s1. The monoisotopic (exact) mass is 543 g/mol. The van der Waals surface area contributed by atoms with E-state index < -0.39 is 23.6 Å². The number of aryl methyl sites for hydroxylation is 1. The highest BCUT2D eigenvalue weighted by Gasteiger charge is 2.40. The minimum absolute atomic E-state index is 0.119. The molecule has 0 aliphatic carbocycles. The number of hydrogen-bond acceptors (Lipinski definition) is 4. The van der Waals surface area contributed by atoms with Crippen LogP contribution in [0.25, 0.3) is 16.0 Å². The number of thiophene rings is 1. The Balaban J connectivity index is 1.63. The van der Waals surface area contributed by atoms with Gasteiger partial charge in [-0.25, -0.2) is 9.24 Å². The molecule has 11 heteroatoms. The lowest BCUT2D eigenvalue weighted by molar-refractivity contribution is -0.141. The first kappa shape index (κ1) is 26.1. The molecule has 0 unspecified atom stereocenters. The summed E-state index contributed by atoms with van der Waals surface area (Å²) >= 11 is 1.27. The number of halogens is 4. The summed E-state index contributed by atoms with van der Waals surface area (Å²) < 4.78 is 58.1. The highest BCUT2D eigenvalue weighted by atomic mass is 32.1. The maximum absolute atomic E-state index is 15.4. The van der Waals surface area contributed by atoms with Gasteiger partial charge in [0.05, 0.1) is 13.1 Å². The number of carbonyl (C=O) groups excluding carboxylic acids is 1. The molecule has 2 aromatic heterocycles. The summed E-state index contributed by atoms with van der Waals surface area (Å²) in [6, 6.07) is 4.30. The zero-order valence-corrected chi connectivity index (χ0v) is 21.6. The molecule has 1 N–H and O–H groups in total. The summed E-state index contributed by atoms with van der Waals surface area (Å²) in [6.07, 6.45) is 1.71. The molecule has 1 aromatic carbocycles. The van der Waals surface area contributed by atoms with Crippen molar-refractivity contribution >= 4 is 22.2 Å². The third-order valence-electron chi connectivity index (χ3n) is 7.10. The first-order valence-corrected chi connectivity index (χ1v) is 13.0. The second-order valence-electron chi connectivity index (χ2n) is 9.58. The summed E-state index contributed by atoms with van der Waals surface area (Å²) in [7, 11) is 1.36. The van der Waals surface area contributed by atoms with Gasteiger partial charge in [-0.15, -0.1) is 0 Å². The molecule has 0 radical (unpaired) electrons. The van der Waals surface area contributed by atoms with Gasteiger partial charge in [-0.05, 0) is 49.1 Å². The summed E-state index contributed by atoms with van der Waals surface area (Å²) in [5, 5.41) is 7.34. The Morgan fingerprint density at radius 1 is 1.34 bits per heavy atom. The van der Waals surface area contributed by atoms with E-state index in [0.29, 0.717) is 16.1 Å². The van der Waals surface area contributed by atoms with Crippen LogP contribution in [-0.2, 0) is 24.6 Å². The van der Waals surface area contributed by atoms with E-state index in [9.17, 15) is 18.0 Å². The van der Waals surface area contributed by atoms with Crippen molar-refractivity contribution in [3.8, 4) is 11.1 Å². The molecule has 2 atom stereocenters. The molecule has 0 spiro atoms. The molecule has 2 aliphatic heterocycles. The predicted octanol–water partition coefficient (Wildman–Crippen LogP) is 5.95. The van der Waals surface area contributed by atoms with Gasteiger partial charge in [0.15, 0.2) is 5.69 Å². The van der Waals surface area contributed by atoms with Gasteiger partial charge in [0.1, 0.15) is 5.82 Å². The van der Waals surface area contributed by atoms with E-state index in [0.717, 1.165) is 40.6 Å². The first-order valence-electron chi connectivity index (χ1n) is 12.2. The Hall–Kier alpha value is -3.49. The lowest BCUT2D eigenvalue weighted by Gasteiger charge is -2.34. The minimum atomic E-state index is -4.79. The maximum Gasteiger partial charge on any atom is 0.435 e. The second kappa shape index (κ2) is 10.0. The van der Waals surface area contributed by atoms with Crippen LogP contribution in [0, 0.1) is 19.3 Å². The van der Waals surface area contributed by atoms with Crippen LogP contribution in [0.5, 0.6) is 0 Å². The Bertz CT molecular complexity index is 1460. The fraction of sp³-hybridized carbons (Fsp3) is 0.370. The summed E-state index contributed by atoms with van der Waals surface area (Å²) in [6.45, 7) is 10.7. The van der Waals surface area contributed by atoms with Crippen LogP contribution in [0.3, 0.4) is 0 Å². The van der Waals surface area contributed by atoms with Crippen molar-refractivity contribution in [3.05, 3.63) is 81.0 Å². The van der Waals surface area contributed by atoms with Crippen molar-refractivity contribution in [3.63, 3.8) is 0 Å². The highest BCUT2D eigenvalue weighted by Crippen LogP contribution is 2.48. The Kier molecular flexibility index (Phi) is 6.88. The van der Waals surface area contributed by atoms with E-state index in [1.54, 1.807) is 17.9 Å². The van der Waals surface area contributed by atoms with Crippen LogP contribution in [-0.4, -0.2) is 39.7 Å². The SMILES string of the molecule is [C-]#[N+]c1sc2c(c1C)[C@H](c1cccc(F)c1-c1cn(C)nc1C(F)(F)F)CN(C(=O)/C=C/[C@@H]1CCCN1)C2. The number of benzene rings is 1. The van der Waals surface area contributed by atoms with E-state index in [1.807, 2.05) is 6.08 Å². The number of carbonyl (C=O) groups is 1. The van der Waals surface area contributed by atoms with Gasteiger partial charge >= 0.3 is 6.18 Å². The molecule has 1 saturated heterocycles. The average Bonchev–Trinajstić information content (AvgIpc) is 3.60. The van der Waals surface area contributed by atoms with Crippen LogP contribution in [0.2, 0.25) is 0 Å². The van der Waals surface area contributed by atoms with Crippen LogP contribution < -0.4 is 5.32 Å². The second-order valence-corrected chi connectivity index (χ2v) is 10.7. The first-order chi connectivity index (χ1) is 18.1. The number of rotatable bonds is 4. The van der Waals surface area contributed by atoms with Crippen molar-refractivity contribution in [1.82, 2.24) is 20.0 Å².